The fraction of sp³-hybridized carbons (Fsp3) is 0.333. The molecular formula is C24H24ClFN4O3. The van der Waals surface area contributed by atoms with Gasteiger partial charge in [-0.2, -0.15) is 0 Å². The third-order valence-corrected chi connectivity index (χ3v) is 6.95. The van der Waals surface area contributed by atoms with E-state index >= 15 is 0 Å². The van der Waals surface area contributed by atoms with Crippen LogP contribution < -0.4 is 5.32 Å². The van der Waals surface area contributed by atoms with Crippen LogP contribution in [0.4, 0.5) is 9.18 Å². The van der Waals surface area contributed by atoms with Crippen LogP contribution in [0.3, 0.4) is 0 Å². The van der Waals surface area contributed by atoms with E-state index in [1.807, 2.05) is 6.92 Å². The van der Waals surface area contributed by atoms with E-state index in [4.69, 9.17) is 11.6 Å². The van der Waals surface area contributed by atoms with Crippen LogP contribution in [0, 0.1) is 5.82 Å². The molecule has 0 spiro atoms. The van der Waals surface area contributed by atoms with Gasteiger partial charge in [0, 0.05) is 36.1 Å². The number of aromatic nitrogens is 1. The van der Waals surface area contributed by atoms with Crippen LogP contribution >= 0.6 is 11.6 Å². The number of nitrogens with zero attached hydrogens (tertiary/aromatic N) is 2. The molecule has 7 nitrogen and oxygen atoms in total. The van der Waals surface area contributed by atoms with E-state index in [-0.39, 0.29) is 35.7 Å². The van der Waals surface area contributed by atoms with E-state index in [1.165, 1.54) is 11.0 Å². The predicted octanol–water partition coefficient (Wildman–Crippen LogP) is 3.94. The number of benzene rings is 2. The largest absolute Gasteiger partial charge is 0.508 e. The first-order valence-corrected chi connectivity index (χ1v) is 11.3. The zero-order valence-electron chi connectivity index (χ0n) is 18.3. The predicted molar refractivity (Wildman–Crippen MR) is 123 cm³/mol. The number of imide groups is 1. The summed E-state index contributed by atoms with van der Waals surface area (Å²) < 4.78 is 14.2. The maximum atomic E-state index is 14.2. The Hall–Kier alpha value is -3.10. The summed E-state index contributed by atoms with van der Waals surface area (Å²) in [6, 6.07) is 8.46. The highest BCUT2D eigenvalue weighted by molar-refractivity contribution is 6.31. The van der Waals surface area contributed by atoms with Gasteiger partial charge in [0.05, 0.1) is 5.02 Å². The summed E-state index contributed by atoms with van der Waals surface area (Å²) in [5, 5.41) is 14.0. The zero-order valence-corrected chi connectivity index (χ0v) is 19.0. The SMILES string of the molecule is CCNCCN1C(=O)N2C(c3cccc(O)c3)c3[nH]c4cc(F)c(Cl)cc4c3CC2(C)C1=O. The Bertz CT molecular complexity index is 1290. The lowest BCUT2D eigenvalue weighted by Crippen LogP contribution is -2.53. The van der Waals surface area contributed by atoms with Gasteiger partial charge in [-0.3, -0.25) is 14.6 Å². The average molecular weight is 471 g/mol. The number of H-pyrrole nitrogens is 1. The minimum atomic E-state index is -1.14. The summed E-state index contributed by atoms with van der Waals surface area (Å²) >= 11 is 6.08. The topological polar surface area (TPSA) is 88.7 Å². The minimum Gasteiger partial charge on any atom is -0.508 e. The highest BCUT2D eigenvalue weighted by Gasteiger charge is 2.60. The van der Waals surface area contributed by atoms with Crippen molar-refractivity contribution in [2.24, 2.45) is 0 Å². The second kappa shape index (κ2) is 7.74. The summed E-state index contributed by atoms with van der Waals surface area (Å²) in [5.74, 6) is -0.776. The highest BCUT2D eigenvalue weighted by atomic mass is 35.5. The molecule has 0 radical (unpaired) electrons. The van der Waals surface area contributed by atoms with Gasteiger partial charge in [0.25, 0.3) is 5.91 Å². The fourth-order valence-electron chi connectivity index (χ4n) is 5.12. The molecule has 1 aromatic heterocycles. The number of amides is 3. The summed E-state index contributed by atoms with van der Waals surface area (Å²) in [7, 11) is 0. The summed E-state index contributed by atoms with van der Waals surface area (Å²) in [5.41, 5.74) is 1.55. The molecule has 0 aliphatic carbocycles. The van der Waals surface area contributed by atoms with Crippen LogP contribution in [0.25, 0.3) is 10.9 Å². The number of hydrogen-bond acceptors (Lipinski definition) is 4. The lowest BCUT2D eigenvalue weighted by molar-refractivity contribution is -0.133. The molecule has 2 aliphatic heterocycles. The lowest BCUT2D eigenvalue weighted by atomic mass is 9.81. The van der Waals surface area contributed by atoms with Gasteiger partial charge >= 0.3 is 6.03 Å². The van der Waals surface area contributed by atoms with Crippen molar-refractivity contribution in [1.82, 2.24) is 20.1 Å². The number of carbonyl (C=O) groups excluding carboxylic acids is 2. The van der Waals surface area contributed by atoms with E-state index in [0.29, 0.717) is 28.7 Å². The van der Waals surface area contributed by atoms with Crippen molar-refractivity contribution in [3.63, 3.8) is 0 Å². The molecule has 33 heavy (non-hydrogen) atoms. The third kappa shape index (κ3) is 3.20. The number of rotatable bonds is 5. The zero-order chi connectivity index (χ0) is 23.5. The van der Waals surface area contributed by atoms with Gasteiger partial charge in [-0.25, -0.2) is 9.18 Å². The molecule has 2 aromatic carbocycles. The van der Waals surface area contributed by atoms with Crippen LogP contribution in [0.2, 0.25) is 5.02 Å². The molecule has 0 saturated carbocycles. The third-order valence-electron chi connectivity index (χ3n) is 6.66. The first-order valence-electron chi connectivity index (χ1n) is 10.9. The number of aromatic hydroxyl groups is 1. The van der Waals surface area contributed by atoms with Crippen molar-refractivity contribution in [2.45, 2.75) is 31.8 Å². The number of aromatic amines is 1. The van der Waals surface area contributed by atoms with Crippen molar-refractivity contribution in [2.75, 3.05) is 19.6 Å². The quantitative estimate of drug-likeness (QED) is 0.389. The van der Waals surface area contributed by atoms with E-state index in [0.717, 1.165) is 12.1 Å². The van der Waals surface area contributed by atoms with E-state index in [9.17, 15) is 19.1 Å². The Balaban J connectivity index is 1.71. The number of phenols is 1. The number of likely N-dealkylation sites (N-methyl/N-ethyl adjacent to an activating group) is 1. The molecule has 0 bridgehead atoms. The molecule has 1 saturated heterocycles. The number of hydrogen-bond donors (Lipinski definition) is 3. The second-order valence-electron chi connectivity index (χ2n) is 8.74. The molecule has 2 unspecified atom stereocenters. The summed E-state index contributed by atoms with van der Waals surface area (Å²) in [6.07, 6.45) is 0.266. The highest BCUT2D eigenvalue weighted by Crippen LogP contribution is 2.49. The van der Waals surface area contributed by atoms with E-state index < -0.39 is 17.4 Å². The number of nitrogens with one attached hydrogen (secondary N) is 2. The van der Waals surface area contributed by atoms with Crippen LogP contribution in [0.5, 0.6) is 5.75 Å². The van der Waals surface area contributed by atoms with Crippen LogP contribution in [-0.2, 0) is 11.2 Å². The molecule has 3 amide bonds. The Kier molecular flexibility index (Phi) is 5.10. The molecule has 2 aliphatic rings. The van der Waals surface area contributed by atoms with Gasteiger partial charge in [-0.05, 0) is 48.9 Å². The molecule has 5 rings (SSSR count). The molecule has 3 N–H and O–H groups in total. The van der Waals surface area contributed by atoms with Crippen molar-refractivity contribution < 1.29 is 19.1 Å². The van der Waals surface area contributed by atoms with E-state index in [1.54, 1.807) is 42.2 Å². The van der Waals surface area contributed by atoms with E-state index in [2.05, 4.69) is 10.3 Å². The molecular weight excluding hydrogens is 447 g/mol. The molecule has 3 aromatic rings. The van der Waals surface area contributed by atoms with Crippen LogP contribution in [0.1, 0.15) is 36.7 Å². The summed E-state index contributed by atoms with van der Waals surface area (Å²) in [6.45, 7) is 5.22. The first kappa shape index (κ1) is 21.7. The minimum absolute atomic E-state index is 0.00752. The van der Waals surface area contributed by atoms with Crippen molar-refractivity contribution >= 4 is 34.4 Å². The standard InChI is InChI=1S/C24H24ClFN4O3/c1-3-27-7-8-29-22(32)24(2)12-16-15-10-17(25)18(26)11-19(15)28-20(16)21(30(24)23(29)33)13-5-4-6-14(31)9-13/h4-6,9-11,21,27-28,31H,3,7-8,12H2,1-2H3. The van der Waals surface area contributed by atoms with Gasteiger partial charge in [0.2, 0.25) is 0 Å². The Morgan fingerprint density at radius 2 is 2.09 bits per heavy atom. The van der Waals surface area contributed by atoms with Gasteiger partial charge < -0.3 is 15.4 Å². The number of phenolic OH excluding ortho intramolecular Hbond substituents is 1. The number of urea groups is 1. The van der Waals surface area contributed by atoms with Crippen molar-refractivity contribution in [3.05, 3.63) is 64.1 Å². The Morgan fingerprint density at radius 3 is 2.82 bits per heavy atom. The number of halogens is 2. The Labute approximate surface area is 195 Å². The van der Waals surface area contributed by atoms with Gasteiger partial charge in [-0.15, -0.1) is 0 Å². The van der Waals surface area contributed by atoms with Gasteiger partial charge in [0.1, 0.15) is 23.1 Å². The van der Waals surface area contributed by atoms with Gasteiger partial charge in [0.15, 0.2) is 0 Å². The normalized spacial score (nSPS) is 22.2. The fourth-order valence-corrected chi connectivity index (χ4v) is 5.28. The Morgan fingerprint density at radius 1 is 1.30 bits per heavy atom. The maximum Gasteiger partial charge on any atom is 0.328 e. The molecule has 172 valence electrons. The maximum absolute atomic E-state index is 14.2. The molecule has 3 heterocycles. The molecule has 9 heteroatoms. The van der Waals surface area contributed by atoms with Crippen LogP contribution in [0.15, 0.2) is 36.4 Å². The van der Waals surface area contributed by atoms with Crippen LogP contribution in [-0.4, -0.2) is 57.0 Å². The average Bonchev–Trinajstić information content (AvgIpc) is 3.20. The first-order chi connectivity index (χ1) is 15.8. The molecule has 2 atom stereocenters. The smallest absolute Gasteiger partial charge is 0.328 e. The van der Waals surface area contributed by atoms with Crippen molar-refractivity contribution in [1.29, 1.82) is 0 Å². The lowest BCUT2D eigenvalue weighted by Gasteiger charge is -2.42. The summed E-state index contributed by atoms with van der Waals surface area (Å²) in [4.78, 5) is 33.3. The number of fused-ring (bicyclic) bond motifs is 4. The monoisotopic (exact) mass is 470 g/mol. The number of carbonyl (C=O) groups is 2. The molecule has 1 fully saturated rings. The van der Waals surface area contributed by atoms with Gasteiger partial charge in [-0.1, -0.05) is 30.7 Å². The second-order valence-corrected chi connectivity index (χ2v) is 9.15. The van der Waals surface area contributed by atoms with Crippen molar-refractivity contribution in [3.8, 4) is 5.75 Å².